The summed E-state index contributed by atoms with van der Waals surface area (Å²) in [7, 11) is 1.72. The fraction of sp³-hybridized carbons (Fsp3) is 0.400. The Hall–Kier alpha value is -0.820. The standard InChI is InChI=1S/C10H14O/c1-8-4-5-10(7-11-3)9(2)6-8/h4-6H,7H2,1-3H3. The lowest BCUT2D eigenvalue weighted by Gasteiger charge is -2.04. The van der Waals surface area contributed by atoms with Gasteiger partial charge in [0.2, 0.25) is 0 Å². The van der Waals surface area contributed by atoms with E-state index in [1.54, 1.807) is 7.11 Å². The minimum absolute atomic E-state index is 0.714. The summed E-state index contributed by atoms with van der Waals surface area (Å²) in [5.74, 6) is 0. The van der Waals surface area contributed by atoms with Crippen molar-refractivity contribution in [3.8, 4) is 0 Å². The van der Waals surface area contributed by atoms with Crippen LogP contribution >= 0.6 is 0 Å². The van der Waals surface area contributed by atoms with Gasteiger partial charge in [0.15, 0.2) is 0 Å². The number of hydrogen-bond acceptors (Lipinski definition) is 1. The second-order valence-electron chi connectivity index (χ2n) is 2.86. The maximum Gasteiger partial charge on any atom is 0.0715 e. The van der Waals surface area contributed by atoms with Gasteiger partial charge in [0, 0.05) is 7.11 Å². The largest absolute Gasteiger partial charge is 0.380 e. The lowest BCUT2D eigenvalue weighted by Crippen LogP contribution is -1.91. The molecule has 11 heavy (non-hydrogen) atoms. The predicted octanol–water partition coefficient (Wildman–Crippen LogP) is 2.45. The van der Waals surface area contributed by atoms with Crippen molar-refractivity contribution in [3.05, 3.63) is 34.9 Å². The highest BCUT2D eigenvalue weighted by atomic mass is 16.5. The van der Waals surface area contributed by atoms with Gasteiger partial charge in [-0.05, 0) is 25.0 Å². The first-order chi connectivity index (χ1) is 5.24. The van der Waals surface area contributed by atoms with Crippen LogP contribution in [0.2, 0.25) is 0 Å². The molecule has 0 saturated carbocycles. The van der Waals surface area contributed by atoms with E-state index < -0.39 is 0 Å². The predicted molar refractivity (Wildman–Crippen MR) is 46.6 cm³/mol. The Morgan fingerprint density at radius 2 is 2.00 bits per heavy atom. The Balaban J connectivity index is 2.90. The molecule has 0 saturated heterocycles. The average molecular weight is 150 g/mol. The van der Waals surface area contributed by atoms with E-state index in [1.807, 2.05) is 0 Å². The van der Waals surface area contributed by atoms with Crippen molar-refractivity contribution in [3.63, 3.8) is 0 Å². The second kappa shape index (κ2) is 3.54. The van der Waals surface area contributed by atoms with E-state index in [0.717, 1.165) is 0 Å². The van der Waals surface area contributed by atoms with Crippen molar-refractivity contribution in [2.24, 2.45) is 0 Å². The van der Waals surface area contributed by atoms with Crippen LogP contribution in [0.4, 0.5) is 0 Å². The number of aryl methyl sites for hydroxylation is 2. The molecule has 0 unspecified atom stereocenters. The molecule has 0 fully saturated rings. The Bertz CT molecular complexity index is 241. The van der Waals surface area contributed by atoms with Gasteiger partial charge in [-0.1, -0.05) is 23.8 Å². The summed E-state index contributed by atoms with van der Waals surface area (Å²) in [5.41, 5.74) is 3.90. The molecule has 0 bridgehead atoms. The highest BCUT2D eigenvalue weighted by Crippen LogP contribution is 2.10. The first kappa shape index (κ1) is 8.28. The number of hydrogen-bond donors (Lipinski definition) is 0. The monoisotopic (exact) mass is 150 g/mol. The molecular weight excluding hydrogens is 136 g/mol. The summed E-state index contributed by atoms with van der Waals surface area (Å²) in [4.78, 5) is 0. The topological polar surface area (TPSA) is 9.23 Å². The lowest BCUT2D eigenvalue weighted by atomic mass is 10.1. The van der Waals surface area contributed by atoms with Gasteiger partial charge in [0.25, 0.3) is 0 Å². The van der Waals surface area contributed by atoms with Crippen molar-refractivity contribution >= 4 is 0 Å². The molecule has 1 heteroatoms. The Morgan fingerprint density at radius 3 is 2.55 bits per heavy atom. The summed E-state index contributed by atoms with van der Waals surface area (Å²) < 4.78 is 5.05. The summed E-state index contributed by atoms with van der Waals surface area (Å²) in [6.07, 6.45) is 0. The molecule has 0 aromatic heterocycles. The van der Waals surface area contributed by atoms with Crippen LogP contribution in [0.15, 0.2) is 18.2 Å². The molecule has 0 N–H and O–H groups in total. The number of methoxy groups -OCH3 is 1. The Morgan fingerprint density at radius 1 is 1.27 bits per heavy atom. The molecule has 60 valence electrons. The SMILES string of the molecule is COCc1ccc(C)cc1C. The number of ether oxygens (including phenoxy) is 1. The molecule has 1 rings (SSSR count). The van der Waals surface area contributed by atoms with Crippen LogP contribution in [0, 0.1) is 13.8 Å². The van der Waals surface area contributed by atoms with Crippen LogP contribution in [0.25, 0.3) is 0 Å². The molecule has 0 heterocycles. The molecule has 0 spiro atoms. The second-order valence-corrected chi connectivity index (χ2v) is 2.86. The first-order valence-electron chi connectivity index (χ1n) is 3.79. The van der Waals surface area contributed by atoms with Gasteiger partial charge in [-0.3, -0.25) is 0 Å². The van der Waals surface area contributed by atoms with E-state index in [-0.39, 0.29) is 0 Å². The van der Waals surface area contributed by atoms with Crippen molar-refractivity contribution < 1.29 is 4.74 Å². The zero-order chi connectivity index (χ0) is 8.27. The summed E-state index contributed by atoms with van der Waals surface area (Å²) in [6.45, 7) is 4.93. The first-order valence-corrected chi connectivity index (χ1v) is 3.79. The quantitative estimate of drug-likeness (QED) is 0.629. The third-order valence-corrected chi connectivity index (χ3v) is 1.80. The summed E-state index contributed by atoms with van der Waals surface area (Å²) >= 11 is 0. The van der Waals surface area contributed by atoms with Crippen molar-refractivity contribution in [1.29, 1.82) is 0 Å². The van der Waals surface area contributed by atoms with E-state index in [4.69, 9.17) is 4.74 Å². The maximum atomic E-state index is 5.05. The van der Waals surface area contributed by atoms with Crippen LogP contribution < -0.4 is 0 Å². The van der Waals surface area contributed by atoms with Crippen LogP contribution in [-0.4, -0.2) is 7.11 Å². The Labute approximate surface area is 68.0 Å². The van der Waals surface area contributed by atoms with Gasteiger partial charge in [-0.15, -0.1) is 0 Å². The third kappa shape index (κ3) is 2.05. The van der Waals surface area contributed by atoms with E-state index in [2.05, 4.69) is 32.0 Å². The highest BCUT2D eigenvalue weighted by molar-refractivity contribution is 5.29. The van der Waals surface area contributed by atoms with Crippen LogP contribution in [0.1, 0.15) is 16.7 Å². The van der Waals surface area contributed by atoms with E-state index >= 15 is 0 Å². The van der Waals surface area contributed by atoms with Crippen molar-refractivity contribution in [1.82, 2.24) is 0 Å². The summed E-state index contributed by atoms with van der Waals surface area (Å²) in [5, 5.41) is 0. The molecule has 1 nitrogen and oxygen atoms in total. The normalized spacial score (nSPS) is 10.1. The minimum Gasteiger partial charge on any atom is -0.380 e. The Kier molecular flexibility index (Phi) is 2.66. The van der Waals surface area contributed by atoms with E-state index in [1.165, 1.54) is 16.7 Å². The van der Waals surface area contributed by atoms with Gasteiger partial charge in [0.05, 0.1) is 6.61 Å². The lowest BCUT2D eigenvalue weighted by molar-refractivity contribution is 0.184. The van der Waals surface area contributed by atoms with E-state index in [9.17, 15) is 0 Å². The molecule has 0 aliphatic rings. The minimum atomic E-state index is 0.714. The third-order valence-electron chi connectivity index (χ3n) is 1.80. The zero-order valence-corrected chi connectivity index (χ0v) is 7.35. The van der Waals surface area contributed by atoms with Gasteiger partial charge < -0.3 is 4.74 Å². The van der Waals surface area contributed by atoms with Crippen molar-refractivity contribution in [2.45, 2.75) is 20.5 Å². The average Bonchev–Trinajstić information content (AvgIpc) is 1.95. The molecule has 0 aliphatic heterocycles. The fourth-order valence-corrected chi connectivity index (χ4v) is 1.16. The maximum absolute atomic E-state index is 5.05. The molecule has 1 aromatic rings. The number of rotatable bonds is 2. The highest BCUT2D eigenvalue weighted by Gasteiger charge is 1.95. The van der Waals surface area contributed by atoms with Crippen molar-refractivity contribution in [2.75, 3.05) is 7.11 Å². The zero-order valence-electron chi connectivity index (χ0n) is 7.35. The number of benzene rings is 1. The van der Waals surface area contributed by atoms with E-state index in [0.29, 0.717) is 6.61 Å². The van der Waals surface area contributed by atoms with Gasteiger partial charge >= 0.3 is 0 Å². The van der Waals surface area contributed by atoms with Crippen LogP contribution in [0.5, 0.6) is 0 Å². The van der Waals surface area contributed by atoms with Crippen LogP contribution in [-0.2, 0) is 11.3 Å². The summed E-state index contributed by atoms with van der Waals surface area (Å²) in [6, 6.07) is 6.41. The van der Waals surface area contributed by atoms with Gasteiger partial charge in [-0.25, -0.2) is 0 Å². The van der Waals surface area contributed by atoms with Gasteiger partial charge in [-0.2, -0.15) is 0 Å². The molecule has 0 amide bonds. The smallest absolute Gasteiger partial charge is 0.0715 e. The molecule has 0 radical (unpaired) electrons. The molecule has 0 aliphatic carbocycles. The molecular formula is C10H14O. The fourth-order valence-electron chi connectivity index (χ4n) is 1.16. The molecule has 1 aromatic carbocycles. The molecule has 0 atom stereocenters. The van der Waals surface area contributed by atoms with Gasteiger partial charge in [0.1, 0.15) is 0 Å². The van der Waals surface area contributed by atoms with Crippen LogP contribution in [0.3, 0.4) is 0 Å².